The number of aromatic nitrogens is 4. The highest BCUT2D eigenvalue weighted by atomic mass is 32.1. The molecule has 30 heavy (non-hydrogen) atoms. The second-order valence-electron chi connectivity index (χ2n) is 5.94. The van der Waals surface area contributed by atoms with Gasteiger partial charge in [0.15, 0.2) is 11.6 Å². The van der Waals surface area contributed by atoms with Crippen LogP contribution in [0.1, 0.15) is 16.3 Å². The van der Waals surface area contributed by atoms with Crippen molar-refractivity contribution in [2.75, 3.05) is 0 Å². The average Bonchev–Trinajstić information content (AvgIpc) is 3.37. The first kappa shape index (κ1) is 19.8. The molecule has 1 N–H and O–H groups in total. The number of ether oxygens (including phenoxy) is 1. The van der Waals surface area contributed by atoms with Gasteiger partial charge in [0.2, 0.25) is 0 Å². The maximum Gasteiger partial charge on any atom is 0.316 e. The second-order valence-corrected chi connectivity index (χ2v) is 7.88. The van der Waals surface area contributed by atoms with Gasteiger partial charge < -0.3 is 9.84 Å². The summed E-state index contributed by atoms with van der Waals surface area (Å²) < 4.78 is 33.9. The van der Waals surface area contributed by atoms with Crippen LogP contribution in [0.4, 0.5) is 8.78 Å². The van der Waals surface area contributed by atoms with Gasteiger partial charge in [-0.25, -0.2) is 28.7 Å². The fourth-order valence-corrected chi connectivity index (χ4v) is 4.45. The molecule has 0 fully saturated rings. The number of benzene rings is 1. The molecule has 0 spiro atoms. The summed E-state index contributed by atoms with van der Waals surface area (Å²) in [5, 5.41) is 21.1. The zero-order chi connectivity index (χ0) is 21.3. The third-order valence-corrected chi connectivity index (χ3v) is 6.01. The van der Waals surface area contributed by atoms with E-state index in [1.54, 1.807) is 30.8 Å². The van der Waals surface area contributed by atoms with E-state index in [9.17, 15) is 13.9 Å². The Balaban J connectivity index is 1.61. The molecule has 4 aromatic rings. The van der Waals surface area contributed by atoms with Gasteiger partial charge in [0, 0.05) is 17.8 Å². The molecule has 4 rings (SSSR count). The van der Waals surface area contributed by atoms with Crippen molar-refractivity contribution in [2.24, 2.45) is 0 Å². The van der Waals surface area contributed by atoms with E-state index in [0.717, 1.165) is 22.3 Å². The molecule has 3 aromatic heterocycles. The molecule has 3 heterocycles. The summed E-state index contributed by atoms with van der Waals surface area (Å²) in [6.07, 6.45) is 3.14. The van der Waals surface area contributed by atoms with Crippen LogP contribution in [0, 0.1) is 29.9 Å². The topological polar surface area (TPSA) is 105 Å². The van der Waals surface area contributed by atoms with Crippen LogP contribution in [0.3, 0.4) is 0 Å². The molecule has 1 aromatic carbocycles. The summed E-state index contributed by atoms with van der Waals surface area (Å²) in [5.41, 5.74) is 0.292. The second kappa shape index (κ2) is 8.10. The molecule has 0 aliphatic rings. The minimum Gasteiger partial charge on any atom is -0.504 e. The molecule has 0 aliphatic carbocycles. The van der Waals surface area contributed by atoms with Crippen molar-refractivity contribution in [3.8, 4) is 39.0 Å². The highest BCUT2D eigenvalue weighted by Gasteiger charge is 2.22. The molecule has 0 bridgehead atoms. The molecule has 0 unspecified atom stereocenters. The number of rotatable bonds is 5. The Morgan fingerprint density at radius 1 is 1.23 bits per heavy atom. The predicted molar refractivity (Wildman–Crippen MR) is 106 cm³/mol. The standard InChI is InChI=1S/C19H11F2N5O2S2/c1-9-17(30-14(25-9)7-28-19-23-3-2-4-24-19)13-8-29-18(26-13)10-5-12(20)11(6-22)16(27)15(10)21/h2-5,8,27H,7H2,1H3. The summed E-state index contributed by atoms with van der Waals surface area (Å²) >= 11 is 2.44. The van der Waals surface area contributed by atoms with E-state index in [2.05, 4.69) is 19.9 Å². The first-order valence-electron chi connectivity index (χ1n) is 8.41. The molecule has 0 atom stereocenters. The van der Waals surface area contributed by atoms with Crippen molar-refractivity contribution >= 4 is 22.7 Å². The van der Waals surface area contributed by atoms with Gasteiger partial charge in [-0.05, 0) is 19.1 Å². The van der Waals surface area contributed by atoms with Crippen molar-refractivity contribution < 1.29 is 18.6 Å². The summed E-state index contributed by atoms with van der Waals surface area (Å²) in [5.74, 6) is -3.13. The maximum absolute atomic E-state index is 14.4. The van der Waals surface area contributed by atoms with Crippen LogP contribution >= 0.6 is 22.7 Å². The van der Waals surface area contributed by atoms with E-state index in [0.29, 0.717) is 16.4 Å². The lowest BCUT2D eigenvalue weighted by Crippen LogP contribution is -1.98. The van der Waals surface area contributed by atoms with Crippen molar-refractivity contribution in [3.63, 3.8) is 0 Å². The van der Waals surface area contributed by atoms with Crippen LogP contribution in [-0.2, 0) is 6.61 Å². The lowest BCUT2D eigenvalue weighted by atomic mass is 10.1. The van der Waals surface area contributed by atoms with Crippen LogP contribution in [0.5, 0.6) is 11.8 Å². The van der Waals surface area contributed by atoms with Gasteiger partial charge in [-0.2, -0.15) is 5.26 Å². The number of nitrogens with zero attached hydrogens (tertiary/aromatic N) is 5. The number of phenols is 1. The van der Waals surface area contributed by atoms with Gasteiger partial charge in [-0.15, -0.1) is 22.7 Å². The normalized spacial score (nSPS) is 10.7. The summed E-state index contributed by atoms with van der Waals surface area (Å²) in [6.45, 7) is 1.98. The minimum absolute atomic E-state index is 0.171. The quantitative estimate of drug-likeness (QED) is 0.485. The number of nitriles is 1. The highest BCUT2D eigenvalue weighted by Crippen LogP contribution is 2.38. The molecule has 0 amide bonds. The number of hydrogen-bond acceptors (Lipinski definition) is 9. The SMILES string of the molecule is Cc1nc(COc2ncccn2)sc1-c1csc(-c2cc(F)c(C#N)c(O)c2F)n1. The van der Waals surface area contributed by atoms with Gasteiger partial charge in [-0.3, -0.25) is 0 Å². The summed E-state index contributed by atoms with van der Waals surface area (Å²) in [4.78, 5) is 17.5. The molecule has 0 radical (unpaired) electrons. The monoisotopic (exact) mass is 443 g/mol. The van der Waals surface area contributed by atoms with E-state index < -0.39 is 22.9 Å². The predicted octanol–water partition coefficient (Wildman–Crippen LogP) is 4.47. The van der Waals surface area contributed by atoms with Gasteiger partial charge in [-0.1, -0.05) is 0 Å². The molecule has 150 valence electrons. The molecular formula is C19H11F2N5O2S2. The smallest absolute Gasteiger partial charge is 0.316 e. The molecule has 0 saturated heterocycles. The van der Waals surface area contributed by atoms with E-state index >= 15 is 0 Å². The Bertz CT molecular complexity index is 1270. The number of thiazole rings is 2. The van der Waals surface area contributed by atoms with Crippen molar-refractivity contribution in [2.45, 2.75) is 13.5 Å². The largest absolute Gasteiger partial charge is 0.504 e. The summed E-state index contributed by atoms with van der Waals surface area (Å²) in [7, 11) is 0. The molecular weight excluding hydrogens is 432 g/mol. The summed E-state index contributed by atoms with van der Waals surface area (Å²) in [6, 6.07) is 4.21. The lowest BCUT2D eigenvalue weighted by molar-refractivity contribution is 0.280. The van der Waals surface area contributed by atoms with Crippen LogP contribution in [-0.4, -0.2) is 25.0 Å². The maximum atomic E-state index is 14.4. The van der Waals surface area contributed by atoms with Crippen LogP contribution in [0.2, 0.25) is 0 Å². The zero-order valence-corrected chi connectivity index (χ0v) is 16.9. The number of halogens is 2. The fraction of sp³-hybridized carbons (Fsp3) is 0.105. The van der Waals surface area contributed by atoms with Gasteiger partial charge in [0.1, 0.15) is 34.1 Å². The van der Waals surface area contributed by atoms with E-state index in [4.69, 9.17) is 10.00 Å². The third-order valence-electron chi connectivity index (χ3n) is 3.98. The molecule has 7 nitrogen and oxygen atoms in total. The van der Waals surface area contributed by atoms with Gasteiger partial charge in [0.25, 0.3) is 0 Å². The molecule has 11 heteroatoms. The van der Waals surface area contributed by atoms with Crippen molar-refractivity contribution in [1.82, 2.24) is 19.9 Å². The lowest BCUT2D eigenvalue weighted by Gasteiger charge is -2.04. The Kier molecular flexibility index (Phi) is 5.35. The Hall–Kier alpha value is -3.49. The van der Waals surface area contributed by atoms with Gasteiger partial charge in [0.05, 0.1) is 21.8 Å². The first-order chi connectivity index (χ1) is 14.5. The Morgan fingerprint density at radius 3 is 2.73 bits per heavy atom. The Labute approximate surface area is 176 Å². The fourth-order valence-electron chi connectivity index (χ4n) is 2.61. The van der Waals surface area contributed by atoms with Crippen LogP contribution in [0.25, 0.3) is 21.1 Å². The average molecular weight is 443 g/mol. The Morgan fingerprint density at radius 2 is 2.00 bits per heavy atom. The van der Waals surface area contributed by atoms with Crippen LogP contribution < -0.4 is 4.74 Å². The zero-order valence-electron chi connectivity index (χ0n) is 15.3. The van der Waals surface area contributed by atoms with Crippen LogP contribution in [0.15, 0.2) is 29.9 Å². The minimum atomic E-state index is -1.09. The number of aryl methyl sites for hydroxylation is 1. The van der Waals surface area contributed by atoms with E-state index in [1.807, 2.05) is 0 Å². The highest BCUT2D eigenvalue weighted by molar-refractivity contribution is 7.16. The number of phenolic OH excluding ortho intramolecular Hbond substituents is 1. The first-order valence-corrected chi connectivity index (χ1v) is 10.1. The van der Waals surface area contributed by atoms with Crippen molar-refractivity contribution in [3.05, 3.63) is 57.8 Å². The molecule has 0 aliphatic heterocycles. The van der Waals surface area contributed by atoms with Gasteiger partial charge >= 0.3 is 6.01 Å². The van der Waals surface area contributed by atoms with E-state index in [1.165, 1.54) is 17.4 Å². The van der Waals surface area contributed by atoms with E-state index in [-0.39, 0.29) is 23.2 Å². The molecule has 0 saturated carbocycles. The number of aromatic hydroxyl groups is 1. The third kappa shape index (κ3) is 3.70. The number of hydrogen-bond donors (Lipinski definition) is 1. The van der Waals surface area contributed by atoms with Crippen molar-refractivity contribution in [1.29, 1.82) is 5.26 Å².